The number of hydrogen-bond donors (Lipinski definition) is 3. The number of carboxylic acids is 1. The predicted octanol–water partition coefficient (Wildman–Crippen LogP) is 5.36. The van der Waals surface area contributed by atoms with Gasteiger partial charge in [0, 0.05) is 6.42 Å². The highest BCUT2D eigenvalue weighted by Crippen LogP contribution is 2.35. The molecule has 3 N–H and O–H groups in total. The van der Waals surface area contributed by atoms with E-state index < -0.39 is 5.97 Å². The van der Waals surface area contributed by atoms with Crippen molar-refractivity contribution in [2.45, 2.75) is 39.2 Å². The summed E-state index contributed by atoms with van der Waals surface area (Å²) in [6, 6.07) is 19.1. The van der Waals surface area contributed by atoms with Crippen molar-refractivity contribution in [3.8, 4) is 28.0 Å². The minimum Gasteiger partial charge on any atom is -0.508 e. The maximum atomic E-state index is 11.2. The number of benzene rings is 3. The second-order valence-electron chi connectivity index (χ2n) is 7.55. The monoisotopic (exact) mass is 390 g/mol. The van der Waals surface area contributed by atoms with E-state index in [1.165, 1.54) is 0 Å². The number of aliphatic hydroxyl groups excluding tert-OH is 1. The van der Waals surface area contributed by atoms with Crippen LogP contribution in [0, 0.1) is 0 Å². The molecule has 4 heteroatoms. The summed E-state index contributed by atoms with van der Waals surface area (Å²) in [6.45, 7) is 4.12. The Bertz CT molecular complexity index is 1020. The van der Waals surface area contributed by atoms with Crippen LogP contribution in [0.15, 0.2) is 60.7 Å². The van der Waals surface area contributed by atoms with E-state index in [-0.39, 0.29) is 24.7 Å². The fourth-order valence-corrected chi connectivity index (χ4v) is 3.62. The average molecular weight is 390 g/mol. The molecule has 150 valence electrons. The molecule has 0 aliphatic heterocycles. The van der Waals surface area contributed by atoms with Crippen LogP contribution in [-0.2, 0) is 17.8 Å². The van der Waals surface area contributed by atoms with Crippen LogP contribution in [0.3, 0.4) is 0 Å². The molecule has 3 aromatic carbocycles. The number of aromatic hydroxyl groups is 1. The molecule has 3 aromatic rings. The van der Waals surface area contributed by atoms with Crippen molar-refractivity contribution >= 4 is 5.97 Å². The molecule has 0 unspecified atom stereocenters. The lowest BCUT2D eigenvalue weighted by Crippen LogP contribution is -2.00. The summed E-state index contributed by atoms with van der Waals surface area (Å²) in [7, 11) is 0. The van der Waals surface area contributed by atoms with Gasteiger partial charge in [-0.2, -0.15) is 0 Å². The largest absolute Gasteiger partial charge is 0.508 e. The van der Waals surface area contributed by atoms with Crippen LogP contribution in [-0.4, -0.2) is 21.3 Å². The number of carbonyl (C=O) groups is 1. The number of phenolic OH excluding ortho intramolecular Hbond substituents is 1. The summed E-state index contributed by atoms with van der Waals surface area (Å²) in [5, 5.41) is 28.5. The van der Waals surface area contributed by atoms with Crippen molar-refractivity contribution in [1.29, 1.82) is 0 Å². The summed E-state index contributed by atoms with van der Waals surface area (Å²) in [6.07, 6.45) is 0.458. The first-order valence-electron chi connectivity index (χ1n) is 9.77. The first-order chi connectivity index (χ1) is 13.9. The average Bonchev–Trinajstić information content (AvgIpc) is 2.72. The topological polar surface area (TPSA) is 77.8 Å². The standard InChI is InChI=1S/C25H26O4/c1-16(2)24-14-21(27)8-10-23(24)20-6-9-22(19(13-20)7-11-25(28)29)18-5-3-4-17(12-18)15-26/h3-6,8-10,12-14,16,26-27H,7,11,15H2,1-2H3,(H,28,29). The zero-order valence-electron chi connectivity index (χ0n) is 16.7. The SMILES string of the molecule is CC(C)c1cc(O)ccc1-c1ccc(-c2cccc(CO)c2)c(CCC(=O)O)c1. The Morgan fingerprint density at radius 3 is 2.34 bits per heavy atom. The highest BCUT2D eigenvalue weighted by Gasteiger charge is 2.14. The Labute approximate surface area is 171 Å². The molecule has 0 saturated heterocycles. The van der Waals surface area contributed by atoms with Gasteiger partial charge in [-0.15, -0.1) is 0 Å². The molecule has 0 aromatic heterocycles. The van der Waals surface area contributed by atoms with Gasteiger partial charge in [0.15, 0.2) is 0 Å². The van der Waals surface area contributed by atoms with Gasteiger partial charge >= 0.3 is 5.97 Å². The summed E-state index contributed by atoms with van der Waals surface area (Å²) >= 11 is 0. The van der Waals surface area contributed by atoms with E-state index in [0.717, 1.165) is 38.9 Å². The lowest BCUT2D eigenvalue weighted by atomic mass is 9.88. The van der Waals surface area contributed by atoms with E-state index in [1.54, 1.807) is 12.1 Å². The van der Waals surface area contributed by atoms with Crippen molar-refractivity contribution in [3.63, 3.8) is 0 Å². The summed E-state index contributed by atoms with van der Waals surface area (Å²) in [5.41, 5.74) is 6.76. The molecule has 0 saturated carbocycles. The molecule has 4 nitrogen and oxygen atoms in total. The van der Waals surface area contributed by atoms with Gasteiger partial charge in [-0.05, 0) is 69.5 Å². The van der Waals surface area contributed by atoms with Crippen molar-refractivity contribution < 1.29 is 20.1 Å². The molecule has 0 fully saturated rings. The summed E-state index contributed by atoms with van der Waals surface area (Å²) in [5.74, 6) is -0.362. The molecule has 0 atom stereocenters. The van der Waals surface area contributed by atoms with Gasteiger partial charge in [-0.3, -0.25) is 4.79 Å². The molecule has 0 heterocycles. The Morgan fingerprint density at radius 1 is 0.931 bits per heavy atom. The third kappa shape index (κ3) is 4.84. The molecule has 0 bridgehead atoms. The number of aliphatic hydroxyl groups is 1. The molecule has 0 spiro atoms. The minimum absolute atomic E-state index is 0.0400. The minimum atomic E-state index is -0.835. The van der Waals surface area contributed by atoms with Crippen molar-refractivity contribution in [3.05, 3.63) is 77.4 Å². The van der Waals surface area contributed by atoms with E-state index in [4.69, 9.17) is 0 Å². The zero-order valence-corrected chi connectivity index (χ0v) is 16.7. The number of carboxylic acid groups (broad SMARTS) is 1. The zero-order chi connectivity index (χ0) is 21.0. The quantitative estimate of drug-likeness (QED) is 0.507. The van der Waals surface area contributed by atoms with E-state index in [2.05, 4.69) is 13.8 Å². The van der Waals surface area contributed by atoms with Crippen LogP contribution < -0.4 is 0 Å². The van der Waals surface area contributed by atoms with Crippen LogP contribution in [0.5, 0.6) is 5.75 Å². The second kappa shape index (κ2) is 8.93. The molecule has 0 radical (unpaired) electrons. The Morgan fingerprint density at radius 2 is 1.66 bits per heavy atom. The van der Waals surface area contributed by atoms with Crippen LogP contribution in [0.4, 0.5) is 0 Å². The van der Waals surface area contributed by atoms with Crippen LogP contribution in [0.1, 0.15) is 42.9 Å². The normalized spacial score (nSPS) is 11.0. The number of hydrogen-bond acceptors (Lipinski definition) is 3. The Balaban J connectivity index is 2.12. The van der Waals surface area contributed by atoms with E-state index in [1.807, 2.05) is 48.5 Å². The molecule has 0 aliphatic rings. The van der Waals surface area contributed by atoms with Crippen molar-refractivity contribution in [2.24, 2.45) is 0 Å². The van der Waals surface area contributed by atoms with Gasteiger partial charge in [0.25, 0.3) is 0 Å². The number of rotatable bonds is 7. The number of phenols is 1. The molecular weight excluding hydrogens is 364 g/mol. The lowest BCUT2D eigenvalue weighted by Gasteiger charge is -2.17. The highest BCUT2D eigenvalue weighted by atomic mass is 16.4. The maximum Gasteiger partial charge on any atom is 0.303 e. The van der Waals surface area contributed by atoms with Gasteiger partial charge < -0.3 is 15.3 Å². The van der Waals surface area contributed by atoms with Crippen molar-refractivity contribution in [2.75, 3.05) is 0 Å². The number of aryl methyl sites for hydroxylation is 1. The second-order valence-corrected chi connectivity index (χ2v) is 7.55. The summed E-state index contributed by atoms with van der Waals surface area (Å²) in [4.78, 5) is 11.2. The Kier molecular flexibility index (Phi) is 6.35. The smallest absolute Gasteiger partial charge is 0.303 e. The molecule has 0 aliphatic carbocycles. The van der Waals surface area contributed by atoms with E-state index in [0.29, 0.717) is 6.42 Å². The fourth-order valence-electron chi connectivity index (χ4n) is 3.62. The van der Waals surface area contributed by atoms with Gasteiger partial charge in [-0.25, -0.2) is 0 Å². The van der Waals surface area contributed by atoms with E-state index >= 15 is 0 Å². The lowest BCUT2D eigenvalue weighted by molar-refractivity contribution is -0.136. The maximum absolute atomic E-state index is 11.2. The van der Waals surface area contributed by atoms with Crippen LogP contribution in [0.2, 0.25) is 0 Å². The van der Waals surface area contributed by atoms with Gasteiger partial charge in [-0.1, -0.05) is 56.3 Å². The molecule has 3 rings (SSSR count). The molecule has 29 heavy (non-hydrogen) atoms. The van der Waals surface area contributed by atoms with Gasteiger partial charge in [0.1, 0.15) is 5.75 Å². The highest BCUT2D eigenvalue weighted by molar-refractivity contribution is 5.77. The summed E-state index contributed by atoms with van der Waals surface area (Å²) < 4.78 is 0. The fraction of sp³-hybridized carbons (Fsp3) is 0.240. The third-order valence-electron chi connectivity index (χ3n) is 5.10. The van der Waals surface area contributed by atoms with Gasteiger partial charge in [0.2, 0.25) is 0 Å². The van der Waals surface area contributed by atoms with E-state index in [9.17, 15) is 20.1 Å². The Hall–Kier alpha value is -3.11. The van der Waals surface area contributed by atoms with Crippen LogP contribution >= 0.6 is 0 Å². The molecule has 0 amide bonds. The van der Waals surface area contributed by atoms with Gasteiger partial charge in [0.05, 0.1) is 6.61 Å². The third-order valence-corrected chi connectivity index (χ3v) is 5.10. The first-order valence-corrected chi connectivity index (χ1v) is 9.77. The van der Waals surface area contributed by atoms with Crippen LogP contribution in [0.25, 0.3) is 22.3 Å². The first kappa shape index (κ1) is 20.6. The van der Waals surface area contributed by atoms with Crippen molar-refractivity contribution in [1.82, 2.24) is 0 Å². The predicted molar refractivity (Wildman–Crippen MR) is 115 cm³/mol. The molecular formula is C25H26O4. The number of aliphatic carboxylic acids is 1.